The summed E-state index contributed by atoms with van der Waals surface area (Å²) in [4.78, 5) is 8.35. The number of halogens is 1. The van der Waals surface area contributed by atoms with Crippen molar-refractivity contribution in [2.45, 2.75) is 6.92 Å². The Labute approximate surface area is 113 Å². The maximum Gasteiger partial charge on any atom is 0.258 e. The number of rotatable bonds is 2. The Kier molecular flexibility index (Phi) is 2.90. The third-order valence-electron chi connectivity index (χ3n) is 2.79. The molecule has 5 nitrogen and oxygen atoms in total. The van der Waals surface area contributed by atoms with Crippen molar-refractivity contribution in [1.29, 1.82) is 0 Å². The first-order chi connectivity index (χ1) is 9.63. The molecular formula is C14H10FN3O2. The molecule has 0 atom stereocenters. The summed E-state index contributed by atoms with van der Waals surface area (Å²) in [5, 5.41) is 13.2. The van der Waals surface area contributed by atoms with Gasteiger partial charge in [0.25, 0.3) is 5.89 Å². The van der Waals surface area contributed by atoms with Crippen LogP contribution in [0, 0.1) is 12.7 Å². The number of phenols is 1. The molecule has 0 aliphatic heterocycles. The van der Waals surface area contributed by atoms with Crippen LogP contribution in [0.1, 0.15) is 5.69 Å². The van der Waals surface area contributed by atoms with E-state index in [0.717, 1.165) is 17.3 Å². The molecule has 0 radical (unpaired) electrons. The molecule has 3 aromatic rings. The van der Waals surface area contributed by atoms with E-state index in [1.165, 1.54) is 12.1 Å². The minimum Gasteiger partial charge on any atom is -0.505 e. The van der Waals surface area contributed by atoms with Gasteiger partial charge in [-0.05, 0) is 37.3 Å². The number of aryl methyl sites for hydroxylation is 1. The molecule has 0 spiro atoms. The Morgan fingerprint density at radius 2 is 1.95 bits per heavy atom. The third kappa shape index (κ3) is 2.23. The van der Waals surface area contributed by atoms with E-state index in [0.29, 0.717) is 11.4 Å². The van der Waals surface area contributed by atoms with Gasteiger partial charge in [0, 0.05) is 23.0 Å². The second-order valence-electron chi connectivity index (χ2n) is 4.28. The van der Waals surface area contributed by atoms with Gasteiger partial charge in [-0.25, -0.2) is 4.39 Å². The number of aromatic nitrogens is 3. The van der Waals surface area contributed by atoms with Gasteiger partial charge in [0.05, 0.1) is 0 Å². The van der Waals surface area contributed by atoms with Crippen LogP contribution in [0.3, 0.4) is 0 Å². The summed E-state index contributed by atoms with van der Waals surface area (Å²) in [5.74, 6) is -0.567. The molecule has 0 bridgehead atoms. The van der Waals surface area contributed by atoms with Crippen LogP contribution < -0.4 is 0 Å². The Morgan fingerprint density at radius 1 is 1.15 bits per heavy atom. The van der Waals surface area contributed by atoms with E-state index in [1.807, 2.05) is 19.1 Å². The molecule has 1 N–H and O–H groups in total. The summed E-state index contributed by atoms with van der Waals surface area (Å²) in [6.07, 6.45) is 1.64. The molecule has 0 aliphatic carbocycles. The lowest BCUT2D eigenvalue weighted by molar-refractivity contribution is 0.425. The smallest absolute Gasteiger partial charge is 0.258 e. The van der Waals surface area contributed by atoms with E-state index in [1.54, 1.807) is 6.20 Å². The zero-order chi connectivity index (χ0) is 14.1. The van der Waals surface area contributed by atoms with E-state index in [-0.39, 0.29) is 5.89 Å². The van der Waals surface area contributed by atoms with Crippen molar-refractivity contribution < 1.29 is 14.0 Å². The summed E-state index contributed by atoms with van der Waals surface area (Å²) in [6.45, 7) is 1.88. The number of hydrogen-bond donors (Lipinski definition) is 1. The second kappa shape index (κ2) is 4.73. The zero-order valence-corrected chi connectivity index (χ0v) is 10.5. The predicted molar refractivity (Wildman–Crippen MR) is 69.3 cm³/mol. The highest BCUT2D eigenvalue weighted by Crippen LogP contribution is 2.26. The standard InChI is InChI=1S/C14H10FN3O2/c1-8-2-3-10(7-16-8)13-17-14(20-18-13)9-4-5-11(15)12(19)6-9/h2-7,19H,1H3. The minimum absolute atomic E-state index is 0.205. The van der Waals surface area contributed by atoms with E-state index in [9.17, 15) is 9.50 Å². The Bertz CT molecular complexity index is 753. The molecule has 6 heteroatoms. The maximum absolute atomic E-state index is 13.0. The molecule has 0 aliphatic rings. The molecule has 0 saturated heterocycles. The highest BCUT2D eigenvalue weighted by Gasteiger charge is 2.12. The normalized spacial score (nSPS) is 10.7. The quantitative estimate of drug-likeness (QED) is 0.775. The molecule has 0 saturated carbocycles. The monoisotopic (exact) mass is 271 g/mol. The first kappa shape index (κ1) is 12.3. The average Bonchev–Trinajstić information content (AvgIpc) is 2.92. The van der Waals surface area contributed by atoms with Crippen molar-refractivity contribution in [1.82, 2.24) is 15.1 Å². The molecule has 0 amide bonds. The van der Waals surface area contributed by atoms with Crippen LogP contribution in [0.4, 0.5) is 4.39 Å². The third-order valence-corrected chi connectivity index (χ3v) is 2.79. The average molecular weight is 271 g/mol. The largest absolute Gasteiger partial charge is 0.505 e. The minimum atomic E-state index is -0.698. The summed E-state index contributed by atoms with van der Waals surface area (Å²) in [5.41, 5.74) is 2.06. The summed E-state index contributed by atoms with van der Waals surface area (Å²) >= 11 is 0. The van der Waals surface area contributed by atoms with Crippen LogP contribution in [-0.2, 0) is 0 Å². The lowest BCUT2D eigenvalue weighted by atomic mass is 10.2. The molecule has 20 heavy (non-hydrogen) atoms. The summed E-state index contributed by atoms with van der Waals surface area (Å²) < 4.78 is 18.1. The number of hydrogen-bond acceptors (Lipinski definition) is 5. The molecule has 0 unspecified atom stereocenters. The van der Waals surface area contributed by atoms with Crippen molar-refractivity contribution >= 4 is 0 Å². The van der Waals surface area contributed by atoms with Gasteiger partial charge in [0.1, 0.15) is 0 Å². The van der Waals surface area contributed by atoms with Gasteiger partial charge in [0.2, 0.25) is 5.82 Å². The molecule has 2 aromatic heterocycles. The van der Waals surface area contributed by atoms with Gasteiger partial charge in [-0.3, -0.25) is 4.98 Å². The first-order valence-electron chi connectivity index (χ1n) is 5.89. The van der Waals surface area contributed by atoms with Crippen LogP contribution in [0.2, 0.25) is 0 Å². The Hall–Kier alpha value is -2.76. The van der Waals surface area contributed by atoms with Crippen molar-refractivity contribution in [2.75, 3.05) is 0 Å². The highest BCUT2D eigenvalue weighted by molar-refractivity contribution is 5.60. The fraction of sp³-hybridized carbons (Fsp3) is 0.0714. The topological polar surface area (TPSA) is 72.0 Å². The van der Waals surface area contributed by atoms with Gasteiger partial charge < -0.3 is 9.63 Å². The number of phenolic OH excluding ortho intramolecular Hbond substituents is 1. The zero-order valence-electron chi connectivity index (χ0n) is 10.5. The first-order valence-corrected chi connectivity index (χ1v) is 5.89. The van der Waals surface area contributed by atoms with E-state index in [4.69, 9.17) is 4.52 Å². The van der Waals surface area contributed by atoms with Crippen LogP contribution in [-0.4, -0.2) is 20.2 Å². The molecule has 3 rings (SSSR count). The van der Waals surface area contributed by atoms with Crippen molar-refractivity contribution in [2.24, 2.45) is 0 Å². The van der Waals surface area contributed by atoms with E-state index in [2.05, 4.69) is 15.1 Å². The van der Waals surface area contributed by atoms with E-state index < -0.39 is 11.6 Å². The molecule has 2 heterocycles. The van der Waals surface area contributed by atoms with E-state index >= 15 is 0 Å². The van der Waals surface area contributed by atoms with Gasteiger partial charge in [-0.1, -0.05) is 5.16 Å². The SMILES string of the molecule is Cc1ccc(-c2noc(-c3ccc(F)c(O)c3)n2)cn1. The van der Waals surface area contributed by atoms with Gasteiger partial charge in [0.15, 0.2) is 11.6 Å². The van der Waals surface area contributed by atoms with Crippen LogP contribution in [0.5, 0.6) is 5.75 Å². The van der Waals surface area contributed by atoms with Crippen molar-refractivity contribution in [3.8, 4) is 28.6 Å². The maximum atomic E-state index is 13.0. The molecule has 100 valence electrons. The predicted octanol–water partition coefficient (Wildman–Crippen LogP) is 2.95. The Morgan fingerprint density at radius 3 is 2.65 bits per heavy atom. The molecular weight excluding hydrogens is 261 g/mol. The summed E-state index contributed by atoms with van der Waals surface area (Å²) in [7, 11) is 0. The lowest BCUT2D eigenvalue weighted by Gasteiger charge is -1.97. The van der Waals surface area contributed by atoms with Crippen LogP contribution in [0.15, 0.2) is 41.1 Å². The van der Waals surface area contributed by atoms with Crippen LogP contribution in [0.25, 0.3) is 22.8 Å². The number of pyridine rings is 1. The molecule has 0 fully saturated rings. The van der Waals surface area contributed by atoms with Crippen LogP contribution >= 0.6 is 0 Å². The fourth-order valence-corrected chi connectivity index (χ4v) is 1.70. The van der Waals surface area contributed by atoms with Gasteiger partial charge in [-0.2, -0.15) is 4.98 Å². The number of nitrogens with zero attached hydrogens (tertiary/aromatic N) is 3. The Balaban J connectivity index is 1.97. The van der Waals surface area contributed by atoms with Crippen molar-refractivity contribution in [3.05, 3.63) is 48.0 Å². The number of benzene rings is 1. The van der Waals surface area contributed by atoms with Gasteiger partial charge in [-0.15, -0.1) is 0 Å². The summed E-state index contributed by atoms with van der Waals surface area (Å²) in [6, 6.07) is 7.51. The van der Waals surface area contributed by atoms with Crippen molar-refractivity contribution in [3.63, 3.8) is 0 Å². The molecule has 1 aromatic carbocycles. The lowest BCUT2D eigenvalue weighted by Crippen LogP contribution is -1.85. The second-order valence-corrected chi connectivity index (χ2v) is 4.28. The van der Waals surface area contributed by atoms with Gasteiger partial charge >= 0.3 is 0 Å². The highest BCUT2D eigenvalue weighted by atomic mass is 19.1. The fourth-order valence-electron chi connectivity index (χ4n) is 1.70. The number of aromatic hydroxyl groups is 1.